The first-order valence-corrected chi connectivity index (χ1v) is 4.96. The van der Waals surface area contributed by atoms with E-state index in [9.17, 15) is 4.79 Å². The third-order valence-electron chi connectivity index (χ3n) is 2.57. The summed E-state index contributed by atoms with van der Waals surface area (Å²) in [6.45, 7) is 4.94. The van der Waals surface area contributed by atoms with Crippen LogP contribution in [0.15, 0.2) is 0 Å². The Labute approximate surface area is 74.3 Å². The molecule has 0 bridgehead atoms. The maximum atomic E-state index is 11.2. The van der Waals surface area contributed by atoms with Gasteiger partial charge in [0.2, 0.25) is 0 Å². The molecule has 0 aromatic heterocycles. The van der Waals surface area contributed by atoms with Crippen LogP contribution in [0.2, 0.25) is 0 Å². The topological polar surface area (TPSA) is 26.3 Å². The maximum absolute atomic E-state index is 11.2. The van der Waals surface area contributed by atoms with Crippen molar-refractivity contribution in [1.82, 2.24) is 0 Å². The highest BCUT2D eigenvalue weighted by atomic mass is 16.5. The molecule has 1 aliphatic rings. The Bertz CT molecular complexity index is 154. The van der Waals surface area contributed by atoms with E-state index in [1.807, 2.05) is 0 Å². The number of esters is 1. The summed E-state index contributed by atoms with van der Waals surface area (Å²) in [5.41, 5.74) is 0. The van der Waals surface area contributed by atoms with Gasteiger partial charge in [-0.05, 0) is 12.8 Å². The van der Waals surface area contributed by atoms with Crippen LogP contribution >= 0.6 is 0 Å². The van der Waals surface area contributed by atoms with Crippen molar-refractivity contribution >= 4 is 5.97 Å². The number of ether oxygens (including phenoxy) is 1. The molecule has 2 unspecified atom stereocenters. The van der Waals surface area contributed by atoms with Gasteiger partial charge in [0.05, 0.1) is 12.5 Å². The molecule has 2 atom stereocenters. The summed E-state index contributed by atoms with van der Waals surface area (Å²) >= 11 is 0. The minimum Gasteiger partial charge on any atom is -0.465 e. The normalized spacial score (nSPS) is 29.0. The molecule has 70 valence electrons. The predicted molar refractivity (Wildman–Crippen MR) is 47.8 cm³/mol. The zero-order valence-corrected chi connectivity index (χ0v) is 8.01. The minimum atomic E-state index is 0.0373. The van der Waals surface area contributed by atoms with Gasteiger partial charge in [0.25, 0.3) is 0 Å². The van der Waals surface area contributed by atoms with Gasteiger partial charge in [-0.2, -0.15) is 0 Å². The van der Waals surface area contributed by atoms with Gasteiger partial charge in [-0.15, -0.1) is 0 Å². The Morgan fingerprint density at radius 1 is 1.33 bits per heavy atom. The molecular weight excluding hydrogens is 152 g/mol. The van der Waals surface area contributed by atoms with Gasteiger partial charge in [0.1, 0.15) is 0 Å². The average Bonchev–Trinajstić information content (AvgIpc) is 2.37. The number of hydrogen-bond acceptors (Lipinski definition) is 2. The Hall–Kier alpha value is -0.530. The molecule has 0 aliphatic carbocycles. The van der Waals surface area contributed by atoms with Crippen LogP contribution in [0.1, 0.15) is 39.5 Å². The van der Waals surface area contributed by atoms with Crippen molar-refractivity contribution in [3.63, 3.8) is 0 Å². The third kappa shape index (κ3) is 1.99. The van der Waals surface area contributed by atoms with E-state index in [4.69, 9.17) is 4.74 Å². The zero-order valence-electron chi connectivity index (χ0n) is 8.01. The first-order valence-electron chi connectivity index (χ1n) is 4.96. The summed E-state index contributed by atoms with van der Waals surface area (Å²) in [6.07, 6.45) is 4.38. The summed E-state index contributed by atoms with van der Waals surface area (Å²) in [6, 6.07) is 0. The van der Waals surface area contributed by atoms with Crippen molar-refractivity contribution in [2.45, 2.75) is 39.5 Å². The fourth-order valence-corrected chi connectivity index (χ4v) is 1.92. The highest BCUT2D eigenvalue weighted by Gasteiger charge is 2.34. The molecule has 0 saturated carbocycles. The van der Waals surface area contributed by atoms with Gasteiger partial charge in [-0.1, -0.05) is 26.7 Å². The lowest BCUT2D eigenvalue weighted by Crippen LogP contribution is -2.15. The van der Waals surface area contributed by atoms with Crippen LogP contribution < -0.4 is 0 Å². The summed E-state index contributed by atoms with van der Waals surface area (Å²) in [5, 5.41) is 0. The van der Waals surface area contributed by atoms with Crippen LogP contribution in [-0.4, -0.2) is 12.6 Å². The Kier molecular flexibility index (Phi) is 3.57. The van der Waals surface area contributed by atoms with Gasteiger partial charge in [0, 0.05) is 5.92 Å². The average molecular weight is 170 g/mol. The number of carbonyl (C=O) groups excluding carboxylic acids is 1. The number of carbonyl (C=O) groups is 1. The van der Waals surface area contributed by atoms with Crippen molar-refractivity contribution in [1.29, 1.82) is 0 Å². The van der Waals surface area contributed by atoms with E-state index < -0.39 is 0 Å². The molecule has 0 aromatic rings. The van der Waals surface area contributed by atoms with E-state index in [2.05, 4.69) is 13.8 Å². The molecule has 1 aliphatic heterocycles. The van der Waals surface area contributed by atoms with E-state index in [-0.39, 0.29) is 11.9 Å². The van der Waals surface area contributed by atoms with Crippen LogP contribution in [0.4, 0.5) is 0 Å². The maximum Gasteiger partial charge on any atom is 0.309 e. The molecule has 0 spiro atoms. The zero-order chi connectivity index (χ0) is 8.97. The minimum absolute atomic E-state index is 0.0373. The molecule has 0 radical (unpaired) electrons. The smallest absolute Gasteiger partial charge is 0.309 e. The van der Waals surface area contributed by atoms with E-state index in [1.54, 1.807) is 0 Å². The lowest BCUT2D eigenvalue weighted by Gasteiger charge is -2.12. The van der Waals surface area contributed by atoms with Gasteiger partial charge in [-0.3, -0.25) is 4.79 Å². The Morgan fingerprint density at radius 3 is 2.58 bits per heavy atom. The van der Waals surface area contributed by atoms with Crippen LogP contribution in [0, 0.1) is 11.8 Å². The summed E-state index contributed by atoms with van der Waals surface area (Å²) in [4.78, 5) is 11.2. The summed E-state index contributed by atoms with van der Waals surface area (Å²) in [5.74, 6) is 0.743. The largest absolute Gasteiger partial charge is 0.465 e. The van der Waals surface area contributed by atoms with Gasteiger partial charge in [0.15, 0.2) is 0 Å². The lowest BCUT2D eigenvalue weighted by atomic mass is 9.88. The van der Waals surface area contributed by atoms with Gasteiger partial charge >= 0.3 is 5.97 Å². The molecule has 1 rings (SSSR count). The second-order valence-electron chi connectivity index (χ2n) is 3.57. The number of rotatable bonds is 4. The van der Waals surface area contributed by atoms with Crippen LogP contribution in [0.3, 0.4) is 0 Å². The number of cyclic esters (lactones) is 1. The first kappa shape index (κ1) is 9.56. The fourth-order valence-electron chi connectivity index (χ4n) is 1.92. The molecule has 2 heteroatoms. The molecule has 2 nitrogen and oxygen atoms in total. The first-order chi connectivity index (χ1) is 5.79. The quantitative estimate of drug-likeness (QED) is 0.605. The van der Waals surface area contributed by atoms with Crippen LogP contribution in [0.5, 0.6) is 0 Å². The monoisotopic (exact) mass is 170 g/mol. The van der Waals surface area contributed by atoms with Crippen LogP contribution in [0.25, 0.3) is 0 Å². The third-order valence-corrected chi connectivity index (χ3v) is 2.57. The second-order valence-corrected chi connectivity index (χ2v) is 3.57. The molecule has 0 N–H and O–H groups in total. The predicted octanol–water partition coefficient (Wildman–Crippen LogP) is 2.38. The Balaban J connectivity index is 2.45. The van der Waals surface area contributed by atoms with Crippen molar-refractivity contribution in [3.05, 3.63) is 0 Å². The van der Waals surface area contributed by atoms with E-state index >= 15 is 0 Å². The molecule has 0 aromatic carbocycles. The van der Waals surface area contributed by atoms with Crippen molar-refractivity contribution < 1.29 is 9.53 Å². The highest BCUT2D eigenvalue weighted by Crippen LogP contribution is 2.29. The van der Waals surface area contributed by atoms with Crippen molar-refractivity contribution in [2.75, 3.05) is 6.61 Å². The summed E-state index contributed by atoms with van der Waals surface area (Å²) in [7, 11) is 0. The fraction of sp³-hybridized carbons (Fsp3) is 0.900. The molecule has 1 saturated heterocycles. The summed E-state index contributed by atoms with van der Waals surface area (Å²) < 4.78 is 5.04. The molecule has 12 heavy (non-hydrogen) atoms. The van der Waals surface area contributed by atoms with E-state index in [0.29, 0.717) is 12.5 Å². The lowest BCUT2D eigenvalue weighted by molar-refractivity contribution is -0.141. The van der Waals surface area contributed by atoms with Gasteiger partial charge < -0.3 is 4.74 Å². The van der Waals surface area contributed by atoms with Gasteiger partial charge in [-0.25, -0.2) is 0 Å². The van der Waals surface area contributed by atoms with Crippen molar-refractivity contribution in [3.8, 4) is 0 Å². The highest BCUT2D eigenvalue weighted by molar-refractivity contribution is 5.74. The van der Waals surface area contributed by atoms with E-state index in [1.165, 1.54) is 0 Å². The molecule has 1 fully saturated rings. The standard InChI is InChI=1S/C10H18O2/c1-3-5-8-7-12-10(11)9(8)6-4-2/h8-9H,3-7H2,1-2H3. The Morgan fingerprint density at radius 2 is 2.00 bits per heavy atom. The SMILES string of the molecule is CCCC1COC(=O)C1CCC. The molecule has 1 heterocycles. The molecule has 0 amide bonds. The van der Waals surface area contributed by atoms with Crippen molar-refractivity contribution in [2.24, 2.45) is 11.8 Å². The second kappa shape index (κ2) is 4.48. The number of hydrogen-bond donors (Lipinski definition) is 0. The molecular formula is C10H18O2. The van der Waals surface area contributed by atoms with E-state index in [0.717, 1.165) is 25.7 Å². The van der Waals surface area contributed by atoms with Crippen LogP contribution in [-0.2, 0) is 9.53 Å².